The minimum Gasteiger partial charge on any atom is -0.378 e. The number of rotatable bonds is 9. The number of ether oxygens (including phenoxy) is 1. The summed E-state index contributed by atoms with van der Waals surface area (Å²) in [4.78, 5) is 7.03. The van der Waals surface area contributed by atoms with Crippen LogP contribution in [0.3, 0.4) is 0 Å². The van der Waals surface area contributed by atoms with Crippen molar-refractivity contribution in [2.24, 2.45) is 0 Å². The Hall–Kier alpha value is -2.50. The van der Waals surface area contributed by atoms with E-state index < -0.39 is 0 Å². The molecule has 5 heteroatoms. The third kappa shape index (κ3) is 5.99. The Balaban J connectivity index is 1.11. The molecular formula is C24H29N3O2. The van der Waals surface area contributed by atoms with Crippen molar-refractivity contribution in [2.75, 3.05) is 26.2 Å². The summed E-state index contributed by atoms with van der Waals surface area (Å²) < 4.78 is 11.4. The Morgan fingerprint density at radius 2 is 1.66 bits per heavy atom. The second kappa shape index (κ2) is 10.3. The standard InChI is InChI=1S/C24H29N3O2/c1-3-8-20(9-4-1)10-7-16-27-17-13-22(14-18-27)28-19-15-23-25-24(29-26-23)21-11-5-2-6-12-21/h1-6,8-9,11-12,22H,7,10,13-19H2. The molecule has 0 saturated carbocycles. The smallest absolute Gasteiger partial charge is 0.257 e. The fraction of sp³-hybridized carbons (Fsp3) is 0.417. The maximum Gasteiger partial charge on any atom is 0.257 e. The van der Waals surface area contributed by atoms with Gasteiger partial charge < -0.3 is 14.2 Å². The summed E-state index contributed by atoms with van der Waals surface area (Å²) in [6.45, 7) is 4.07. The van der Waals surface area contributed by atoms with E-state index in [1.54, 1.807) is 0 Å². The van der Waals surface area contributed by atoms with Crippen LogP contribution in [0, 0.1) is 0 Å². The Kier molecular flexibility index (Phi) is 7.05. The normalized spacial score (nSPS) is 15.6. The SMILES string of the molecule is c1ccc(CCCN2CCC(OCCc3noc(-c4ccccc4)n3)CC2)cc1. The van der Waals surface area contributed by atoms with E-state index in [0.717, 1.165) is 37.9 Å². The third-order valence-corrected chi connectivity index (χ3v) is 5.49. The second-order valence-electron chi connectivity index (χ2n) is 7.63. The molecule has 0 aliphatic carbocycles. The Bertz CT molecular complexity index is 843. The van der Waals surface area contributed by atoms with Crippen LogP contribution in [-0.4, -0.2) is 47.4 Å². The van der Waals surface area contributed by atoms with E-state index in [0.29, 0.717) is 30.8 Å². The van der Waals surface area contributed by atoms with Gasteiger partial charge in [0.1, 0.15) is 0 Å². The zero-order valence-electron chi connectivity index (χ0n) is 16.9. The Morgan fingerprint density at radius 1 is 0.931 bits per heavy atom. The van der Waals surface area contributed by atoms with Gasteiger partial charge in [0.25, 0.3) is 5.89 Å². The van der Waals surface area contributed by atoms with Crippen LogP contribution in [0.4, 0.5) is 0 Å². The van der Waals surface area contributed by atoms with Crippen LogP contribution in [0.5, 0.6) is 0 Å². The largest absolute Gasteiger partial charge is 0.378 e. The minimum atomic E-state index is 0.348. The molecule has 152 valence electrons. The van der Waals surface area contributed by atoms with Gasteiger partial charge in [-0.15, -0.1) is 0 Å². The molecule has 0 N–H and O–H groups in total. The quantitative estimate of drug-likeness (QED) is 0.541. The average Bonchev–Trinajstić information content (AvgIpc) is 3.25. The van der Waals surface area contributed by atoms with E-state index in [4.69, 9.17) is 9.26 Å². The first kappa shape index (κ1) is 19.8. The highest BCUT2D eigenvalue weighted by Gasteiger charge is 2.19. The fourth-order valence-electron chi connectivity index (χ4n) is 3.82. The molecular weight excluding hydrogens is 362 g/mol. The average molecular weight is 392 g/mol. The molecule has 0 bridgehead atoms. The van der Waals surface area contributed by atoms with Crippen molar-refractivity contribution < 1.29 is 9.26 Å². The lowest BCUT2D eigenvalue weighted by molar-refractivity contribution is 0.00828. The number of aromatic nitrogens is 2. The summed E-state index contributed by atoms with van der Waals surface area (Å²) >= 11 is 0. The van der Waals surface area contributed by atoms with Crippen LogP contribution in [0.15, 0.2) is 65.2 Å². The van der Waals surface area contributed by atoms with Crippen LogP contribution in [0.1, 0.15) is 30.7 Å². The summed E-state index contributed by atoms with van der Waals surface area (Å²) in [7, 11) is 0. The van der Waals surface area contributed by atoms with Crippen LogP contribution in [-0.2, 0) is 17.6 Å². The van der Waals surface area contributed by atoms with Gasteiger partial charge in [-0.05, 0) is 49.9 Å². The Labute approximate surface area is 172 Å². The lowest BCUT2D eigenvalue weighted by atomic mass is 10.1. The van der Waals surface area contributed by atoms with Crippen molar-refractivity contribution >= 4 is 0 Å². The van der Waals surface area contributed by atoms with Gasteiger partial charge in [-0.25, -0.2) is 0 Å². The van der Waals surface area contributed by atoms with E-state index in [1.165, 1.54) is 18.5 Å². The fourth-order valence-corrected chi connectivity index (χ4v) is 3.82. The van der Waals surface area contributed by atoms with E-state index in [2.05, 4.69) is 45.4 Å². The lowest BCUT2D eigenvalue weighted by Gasteiger charge is -2.31. The molecule has 0 unspecified atom stereocenters. The van der Waals surface area contributed by atoms with E-state index in [1.807, 2.05) is 30.3 Å². The molecule has 1 fully saturated rings. The molecule has 1 saturated heterocycles. The summed E-state index contributed by atoms with van der Waals surface area (Å²) in [5, 5.41) is 4.07. The lowest BCUT2D eigenvalue weighted by Crippen LogP contribution is -2.37. The molecule has 5 nitrogen and oxygen atoms in total. The highest BCUT2D eigenvalue weighted by Crippen LogP contribution is 2.17. The summed E-state index contributed by atoms with van der Waals surface area (Å²) in [6, 6.07) is 20.6. The first-order valence-electron chi connectivity index (χ1n) is 10.6. The highest BCUT2D eigenvalue weighted by molar-refractivity contribution is 5.51. The first-order chi connectivity index (χ1) is 14.4. The summed E-state index contributed by atoms with van der Waals surface area (Å²) in [5.41, 5.74) is 2.38. The maximum atomic E-state index is 6.08. The number of hydrogen-bond acceptors (Lipinski definition) is 5. The second-order valence-corrected chi connectivity index (χ2v) is 7.63. The molecule has 2 aromatic carbocycles. The van der Waals surface area contributed by atoms with Crippen molar-refractivity contribution in [3.8, 4) is 11.5 Å². The predicted molar refractivity (Wildman–Crippen MR) is 114 cm³/mol. The van der Waals surface area contributed by atoms with Crippen LogP contribution >= 0.6 is 0 Å². The van der Waals surface area contributed by atoms with Gasteiger partial charge in [-0.1, -0.05) is 53.7 Å². The van der Waals surface area contributed by atoms with Crippen molar-refractivity contribution in [1.82, 2.24) is 15.0 Å². The maximum absolute atomic E-state index is 6.08. The summed E-state index contributed by atoms with van der Waals surface area (Å²) in [6.07, 6.45) is 5.62. The number of hydrogen-bond donors (Lipinski definition) is 0. The zero-order valence-corrected chi connectivity index (χ0v) is 16.9. The molecule has 0 atom stereocenters. The molecule has 0 amide bonds. The molecule has 1 aliphatic rings. The van der Waals surface area contributed by atoms with Gasteiger partial charge in [0.2, 0.25) is 0 Å². The number of benzene rings is 2. The molecule has 29 heavy (non-hydrogen) atoms. The molecule has 1 aromatic heterocycles. The van der Waals surface area contributed by atoms with E-state index >= 15 is 0 Å². The number of nitrogens with zero attached hydrogens (tertiary/aromatic N) is 3. The topological polar surface area (TPSA) is 51.4 Å². The van der Waals surface area contributed by atoms with Crippen molar-refractivity contribution in [2.45, 2.75) is 38.2 Å². The van der Waals surface area contributed by atoms with Gasteiger partial charge >= 0.3 is 0 Å². The van der Waals surface area contributed by atoms with Gasteiger partial charge in [0.05, 0.1) is 12.7 Å². The monoisotopic (exact) mass is 391 g/mol. The Morgan fingerprint density at radius 3 is 2.41 bits per heavy atom. The van der Waals surface area contributed by atoms with Crippen LogP contribution in [0.2, 0.25) is 0 Å². The molecule has 1 aliphatic heterocycles. The van der Waals surface area contributed by atoms with Crippen molar-refractivity contribution in [3.05, 3.63) is 72.1 Å². The van der Waals surface area contributed by atoms with Crippen LogP contribution in [0.25, 0.3) is 11.5 Å². The van der Waals surface area contributed by atoms with Crippen LogP contribution < -0.4 is 0 Å². The van der Waals surface area contributed by atoms with Gasteiger partial charge in [0, 0.05) is 25.1 Å². The molecule has 4 rings (SSSR count). The van der Waals surface area contributed by atoms with E-state index in [-0.39, 0.29) is 0 Å². The summed E-state index contributed by atoms with van der Waals surface area (Å²) in [5.74, 6) is 1.28. The van der Waals surface area contributed by atoms with Gasteiger partial charge in [0.15, 0.2) is 5.82 Å². The van der Waals surface area contributed by atoms with Gasteiger partial charge in [-0.3, -0.25) is 0 Å². The number of piperidine rings is 1. The predicted octanol–water partition coefficient (Wildman–Crippen LogP) is 4.39. The third-order valence-electron chi connectivity index (χ3n) is 5.49. The van der Waals surface area contributed by atoms with E-state index in [9.17, 15) is 0 Å². The molecule has 3 aromatic rings. The van der Waals surface area contributed by atoms with Crippen molar-refractivity contribution in [3.63, 3.8) is 0 Å². The zero-order chi connectivity index (χ0) is 19.7. The number of aryl methyl sites for hydroxylation is 1. The first-order valence-corrected chi connectivity index (χ1v) is 10.6. The molecule has 0 radical (unpaired) electrons. The molecule has 0 spiro atoms. The molecule has 2 heterocycles. The van der Waals surface area contributed by atoms with Crippen molar-refractivity contribution in [1.29, 1.82) is 0 Å². The highest BCUT2D eigenvalue weighted by atomic mass is 16.5. The minimum absolute atomic E-state index is 0.348. The van der Waals surface area contributed by atoms with Gasteiger partial charge in [-0.2, -0.15) is 4.98 Å². The number of likely N-dealkylation sites (tertiary alicyclic amines) is 1.